The Morgan fingerprint density at radius 2 is 1.93 bits per heavy atom. The summed E-state index contributed by atoms with van der Waals surface area (Å²) in [4.78, 5) is 16.2. The lowest BCUT2D eigenvalue weighted by molar-refractivity contribution is -0.183. The van der Waals surface area contributed by atoms with Crippen molar-refractivity contribution < 1.29 is 32.9 Å². The zero-order valence-electron chi connectivity index (χ0n) is 23.6. The van der Waals surface area contributed by atoms with Gasteiger partial charge in [0.05, 0.1) is 50.3 Å². The highest BCUT2D eigenvalue weighted by molar-refractivity contribution is 5.85. The average Bonchev–Trinajstić information content (AvgIpc) is 3.29. The second-order valence-electron chi connectivity index (χ2n) is 11.3. The van der Waals surface area contributed by atoms with Crippen LogP contribution >= 0.6 is 0 Å². The molecule has 0 radical (unpaired) electrons. The first-order valence-electron chi connectivity index (χ1n) is 14.2. The van der Waals surface area contributed by atoms with Crippen LogP contribution in [0.3, 0.4) is 0 Å². The first-order valence-corrected chi connectivity index (χ1v) is 14.2. The molecule has 0 aromatic heterocycles. The lowest BCUT2D eigenvalue weighted by Gasteiger charge is -2.43. The maximum atomic E-state index is 14.0. The minimum absolute atomic E-state index is 0.0419. The number of amides is 1. The summed E-state index contributed by atoms with van der Waals surface area (Å²) in [7, 11) is 0. The Kier molecular flexibility index (Phi) is 9.34. The third-order valence-electron chi connectivity index (χ3n) is 7.88. The molecule has 3 aliphatic rings. The van der Waals surface area contributed by atoms with E-state index in [0.29, 0.717) is 37.4 Å². The van der Waals surface area contributed by atoms with Gasteiger partial charge in [0.2, 0.25) is 0 Å². The van der Waals surface area contributed by atoms with Gasteiger partial charge in [-0.2, -0.15) is 5.26 Å². The highest BCUT2D eigenvalue weighted by Crippen LogP contribution is 2.44. The molecule has 1 saturated carbocycles. The third kappa shape index (κ3) is 7.30. The quantitative estimate of drug-likeness (QED) is 0.467. The molecule has 2 heterocycles. The normalized spacial score (nSPS) is 27.6. The van der Waals surface area contributed by atoms with Crippen LogP contribution in [0, 0.1) is 17.1 Å². The Bertz CT molecular complexity index is 1250. The largest absolute Gasteiger partial charge is 0.379 e. The first kappa shape index (κ1) is 29.6. The number of rotatable bonds is 10. The number of carbonyl (C=O) groups excluding carboxylic acids is 1. The van der Waals surface area contributed by atoms with E-state index < -0.39 is 29.7 Å². The lowest BCUT2D eigenvalue weighted by atomic mass is 9.78. The van der Waals surface area contributed by atoms with Crippen LogP contribution in [0.1, 0.15) is 43.4 Å². The van der Waals surface area contributed by atoms with Crippen molar-refractivity contribution in [3.8, 4) is 6.07 Å². The summed E-state index contributed by atoms with van der Waals surface area (Å²) in [5.74, 6) is -1.50. The predicted molar refractivity (Wildman–Crippen MR) is 147 cm³/mol. The molecular formula is C31H38FN3O6. The van der Waals surface area contributed by atoms with Gasteiger partial charge in [0.1, 0.15) is 11.9 Å². The molecule has 1 amide bonds. The molecule has 0 spiro atoms. The van der Waals surface area contributed by atoms with E-state index >= 15 is 0 Å². The third-order valence-corrected chi connectivity index (χ3v) is 7.88. The van der Waals surface area contributed by atoms with Crippen molar-refractivity contribution in [1.82, 2.24) is 10.2 Å². The van der Waals surface area contributed by atoms with E-state index in [0.717, 1.165) is 18.7 Å². The van der Waals surface area contributed by atoms with Crippen molar-refractivity contribution in [1.29, 1.82) is 5.26 Å². The van der Waals surface area contributed by atoms with Crippen LogP contribution in [0.5, 0.6) is 0 Å². The summed E-state index contributed by atoms with van der Waals surface area (Å²) in [6, 6.07) is 15.6. The van der Waals surface area contributed by atoms with E-state index in [1.807, 2.05) is 32.0 Å². The van der Waals surface area contributed by atoms with E-state index in [2.05, 4.69) is 16.3 Å². The van der Waals surface area contributed by atoms with Crippen molar-refractivity contribution in [3.63, 3.8) is 0 Å². The van der Waals surface area contributed by atoms with E-state index in [9.17, 15) is 14.4 Å². The average molecular weight is 568 g/mol. The van der Waals surface area contributed by atoms with Crippen LogP contribution in [-0.2, 0) is 41.7 Å². The van der Waals surface area contributed by atoms with Crippen molar-refractivity contribution in [3.05, 3.63) is 71.0 Å². The Morgan fingerprint density at radius 3 is 2.71 bits per heavy atom. The molecule has 0 bridgehead atoms. The maximum Gasteiger partial charge on any atom is 0.252 e. The molecule has 1 aliphatic carbocycles. The number of fused-ring (bicyclic) bond motifs is 1. The minimum atomic E-state index is -1.30. The molecule has 4 atom stereocenters. The number of hydrogen-bond donors (Lipinski definition) is 1. The smallest absolute Gasteiger partial charge is 0.252 e. The number of nitriles is 1. The number of hydrogen-bond acceptors (Lipinski definition) is 8. The Hall–Kier alpha value is -2.91. The van der Waals surface area contributed by atoms with E-state index in [1.165, 1.54) is 12.1 Å². The fourth-order valence-electron chi connectivity index (χ4n) is 5.82. The van der Waals surface area contributed by atoms with Crippen LogP contribution in [0.2, 0.25) is 0 Å². The molecule has 5 rings (SSSR count). The summed E-state index contributed by atoms with van der Waals surface area (Å²) in [6.45, 7) is 8.02. The fraction of sp³-hybridized carbons (Fsp3) is 0.548. The van der Waals surface area contributed by atoms with Gasteiger partial charge in [-0.3, -0.25) is 9.69 Å². The maximum absolute atomic E-state index is 14.0. The summed E-state index contributed by atoms with van der Waals surface area (Å²) in [6.07, 6.45) is -0.978. The van der Waals surface area contributed by atoms with Gasteiger partial charge in [-0.25, -0.2) is 4.39 Å². The number of benzene rings is 2. The van der Waals surface area contributed by atoms with Crippen LogP contribution in [0.25, 0.3) is 0 Å². The van der Waals surface area contributed by atoms with Crippen molar-refractivity contribution in [2.75, 3.05) is 39.4 Å². The highest BCUT2D eigenvalue weighted by atomic mass is 19.1. The van der Waals surface area contributed by atoms with E-state index in [4.69, 9.17) is 23.7 Å². The monoisotopic (exact) mass is 567 g/mol. The second-order valence-corrected chi connectivity index (χ2v) is 11.3. The van der Waals surface area contributed by atoms with Gasteiger partial charge in [0.25, 0.3) is 5.91 Å². The van der Waals surface area contributed by atoms with Crippen LogP contribution in [-0.4, -0.2) is 79.9 Å². The van der Waals surface area contributed by atoms with Crippen molar-refractivity contribution >= 4 is 5.91 Å². The molecule has 10 heteroatoms. The molecule has 220 valence electrons. The van der Waals surface area contributed by atoms with E-state index in [1.54, 1.807) is 18.2 Å². The summed E-state index contributed by atoms with van der Waals surface area (Å²) >= 11 is 0. The molecule has 1 N–H and O–H groups in total. The van der Waals surface area contributed by atoms with E-state index in [-0.39, 0.29) is 37.8 Å². The Morgan fingerprint density at radius 1 is 1.12 bits per heavy atom. The Labute approximate surface area is 240 Å². The topological polar surface area (TPSA) is 102 Å². The number of halogens is 1. The zero-order chi connectivity index (χ0) is 28.9. The number of nitrogens with one attached hydrogen (secondary N) is 1. The molecule has 2 aromatic carbocycles. The molecule has 41 heavy (non-hydrogen) atoms. The van der Waals surface area contributed by atoms with Gasteiger partial charge in [-0.1, -0.05) is 30.3 Å². The van der Waals surface area contributed by atoms with Gasteiger partial charge >= 0.3 is 0 Å². The molecule has 3 fully saturated rings. The standard InChI is InChI=1S/C31H38FN3O6/c1-30(2)40-27-18-31(39-20-22-6-5-9-25(32)16-22,29(36)34-10-11-35-12-14-37-15-13-35)17-26(28(27)41-30)38-21-24-8-4-3-7-23(24)19-33/h3-9,16,26-28H,10-15,17-18,20-21H2,1-2H3,(H,34,36)/t26?,27-,28+,31-/m1/s1. The van der Waals surface area contributed by atoms with Gasteiger partial charge < -0.3 is 29.0 Å². The minimum Gasteiger partial charge on any atom is -0.379 e. The summed E-state index contributed by atoms with van der Waals surface area (Å²) in [5.41, 5.74) is 0.591. The molecule has 1 unspecified atom stereocenters. The van der Waals surface area contributed by atoms with Gasteiger partial charge in [0, 0.05) is 39.0 Å². The summed E-state index contributed by atoms with van der Waals surface area (Å²) < 4.78 is 44.7. The van der Waals surface area contributed by atoms with Gasteiger partial charge in [-0.05, 0) is 43.2 Å². The summed E-state index contributed by atoms with van der Waals surface area (Å²) in [5, 5.41) is 12.6. The first-order chi connectivity index (χ1) is 19.8. The van der Waals surface area contributed by atoms with Gasteiger partial charge in [-0.15, -0.1) is 0 Å². The van der Waals surface area contributed by atoms with Crippen LogP contribution in [0.4, 0.5) is 4.39 Å². The Balaban J connectivity index is 1.37. The zero-order valence-corrected chi connectivity index (χ0v) is 23.6. The van der Waals surface area contributed by atoms with Crippen molar-refractivity contribution in [2.24, 2.45) is 0 Å². The molecule has 9 nitrogen and oxygen atoms in total. The highest BCUT2D eigenvalue weighted by Gasteiger charge is 2.58. The lowest BCUT2D eigenvalue weighted by Crippen LogP contribution is -2.60. The molecule has 2 aromatic rings. The van der Waals surface area contributed by atoms with Crippen molar-refractivity contribution in [2.45, 2.75) is 69.6 Å². The molecular weight excluding hydrogens is 529 g/mol. The van der Waals surface area contributed by atoms with Crippen LogP contribution < -0.4 is 5.32 Å². The number of ether oxygens (including phenoxy) is 5. The SMILES string of the molecule is CC1(C)O[C@@H]2C[C@@](OCc3cccc(F)c3)(C(=O)NCCN3CCOCC3)CC(OCc3ccccc3C#N)[C@@H]2O1. The number of morpholine rings is 1. The number of nitrogens with zero attached hydrogens (tertiary/aromatic N) is 2. The second kappa shape index (κ2) is 12.9. The molecule has 2 aliphatic heterocycles. The van der Waals surface area contributed by atoms with Gasteiger partial charge in [0.15, 0.2) is 11.4 Å². The van der Waals surface area contributed by atoms with Crippen LogP contribution in [0.15, 0.2) is 48.5 Å². The fourth-order valence-corrected chi connectivity index (χ4v) is 5.82. The predicted octanol–water partition coefficient (Wildman–Crippen LogP) is 3.30. The molecule has 2 saturated heterocycles. The number of carbonyl (C=O) groups is 1.